The molecule has 0 spiro atoms. The summed E-state index contributed by atoms with van der Waals surface area (Å²) < 4.78 is -1.15. The van der Waals surface area contributed by atoms with E-state index >= 15 is 0 Å². The lowest BCUT2D eigenvalue weighted by Gasteiger charge is -2.43. The molecule has 4 nitrogen and oxygen atoms in total. The molecule has 3 unspecified atom stereocenters. The molecule has 0 saturated heterocycles. The molecule has 0 aliphatic heterocycles. The van der Waals surface area contributed by atoms with E-state index in [4.69, 9.17) is 0 Å². The monoisotopic (exact) mass is 512 g/mol. The van der Waals surface area contributed by atoms with Crippen molar-refractivity contribution in [3.63, 3.8) is 0 Å². The highest BCUT2D eigenvalue weighted by molar-refractivity contribution is 8.02. The van der Waals surface area contributed by atoms with Crippen LogP contribution in [-0.4, -0.2) is 21.9 Å². The Hall–Kier alpha value is -0.710. The van der Waals surface area contributed by atoms with Gasteiger partial charge in [-0.2, -0.15) is 0 Å². The van der Waals surface area contributed by atoms with Crippen molar-refractivity contribution in [2.24, 2.45) is 5.92 Å². The van der Waals surface area contributed by atoms with Gasteiger partial charge in [-0.05, 0) is 31.6 Å². The largest absolute Gasteiger partial charge is 0.549 e. The van der Waals surface area contributed by atoms with E-state index in [2.05, 4.69) is 13.8 Å². The van der Waals surface area contributed by atoms with E-state index in [1.807, 2.05) is 6.92 Å². The van der Waals surface area contributed by atoms with E-state index < -0.39 is 21.9 Å². The third-order valence-corrected chi connectivity index (χ3v) is 9.60. The summed E-state index contributed by atoms with van der Waals surface area (Å²) in [6, 6.07) is 0. The first kappa shape index (κ1) is 34.3. The highest BCUT2D eigenvalue weighted by Crippen LogP contribution is 2.44. The molecule has 0 aromatic rings. The quantitative estimate of drug-likeness (QED) is 0.114. The lowest BCUT2D eigenvalue weighted by atomic mass is 9.81. The maximum Gasteiger partial charge on any atom is 0.0585 e. The Bertz CT molecular complexity index is 524. The predicted molar refractivity (Wildman–Crippen MR) is 147 cm³/mol. The van der Waals surface area contributed by atoms with Crippen molar-refractivity contribution in [3.05, 3.63) is 0 Å². The van der Waals surface area contributed by atoms with Crippen LogP contribution in [0.5, 0.6) is 0 Å². The molecule has 0 radical (unpaired) electrons. The summed E-state index contributed by atoms with van der Waals surface area (Å²) >= 11 is 1.09. The summed E-state index contributed by atoms with van der Waals surface area (Å²) in [5.41, 5.74) is 0. The molecule has 0 aromatic heterocycles. The molecule has 0 fully saturated rings. The second kappa shape index (κ2) is 22.5. The number of carbonyl (C=O) groups is 2. The summed E-state index contributed by atoms with van der Waals surface area (Å²) in [5, 5.41) is 23.3. The van der Waals surface area contributed by atoms with Crippen LogP contribution in [-0.2, 0) is 9.59 Å². The van der Waals surface area contributed by atoms with Crippen molar-refractivity contribution >= 4 is 23.7 Å². The number of rotatable bonds is 26. The zero-order valence-corrected chi connectivity index (χ0v) is 24.4. The maximum atomic E-state index is 12.5. The first-order valence-corrected chi connectivity index (χ1v) is 15.9. The zero-order valence-electron chi connectivity index (χ0n) is 23.5. The molecule has 0 aliphatic rings. The molecule has 0 aromatic carbocycles. The second-order valence-corrected chi connectivity index (χ2v) is 12.0. The molecule has 208 valence electrons. The van der Waals surface area contributed by atoms with Gasteiger partial charge in [-0.3, -0.25) is 0 Å². The average molecular weight is 513 g/mol. The second-order valence-electron chi connectivity index (χ2n) is 10.4. The Kier molecular flexibility index (Phi) is 22.0. The van der Waals surface area contributed by atoms with Gasteiger partial charge in [0.1, 0.15) is 0 Å². The number of unbranched alkanes of at least 4 members (excludes halogenated alkanes) is 15. The zero-order chi connectivity index (χ0) is 26.4. The molecule has 0 amide bonds. The maximum absolute atomic E-state index is 12.5. The van der Waals surface area contributed by atoms with Crippen molar-refractivity contribution in [2.75, 3.05) is 0 Å². The molecule has 5 heteroatoms. The van der Waals surface area contributed by atoms with Crippen LogP contribution in [0, 0.1) is 5.92 Å². The molecule has 0 heterocycles. The summed E-state index contributed by atoms with van der Waals surface area (Å²) in [7, 11) is 0. The number of carbonyl (C=O) groups excluding carboxylic acids is 2. The first-order chi connectivity index (χ1) is 16.9. The van der Waals surface area contributed by atoms with E-state index in [0.29, 0.717) is 12.8 Å². The van der Waals surface area contributed by atoms with E-state index in [1.54, 1.807) is 6.92 Å². The van der Waals surface area contributed by atoms with Crippen LogP contribution in [0.15, 0.2) is 0 Å². The normalized spacial score (nSPS) is 15.0. The van der Waals surface area contributed by atoms with Crippen LogP contribution in [0.4, 0.5) is 0 Å². The van der Waals surface area contributed by atoms with Gasteiger partial charge in [-0.15, -0.1) is 11.8 Å². The molecule has 0 rings (SSSR count). The van der Waals surface area contributed by atoms with Gasteiger partial charge in [0.2, 0.25) is 0 Å². The van der Waals surface area contributed by atoms with Crippen LogP contribution in [0.2, 0.25) is 0 Å². The number of carboxylic acid groups (broad SMARTS) is 2. The van der Waals surface area contributed by atoms with Crippen molar-refractivity contribution in [1.29, 1.82) is 0 Å². The van der Waals surface area contributed by atoms with Gasteiger partial charge in [0.05, 0.1) is 16.7 Å². The number of carboxylic acids is 2. The minimum atomic E-state index is -1.16. The third-order valence-electron chi connectivity index (χ3n) is 7.58. The van der Waals surface area contributed by atoms with Gasteiger partial charge in [0.25, 0.3) is 0 Å². The van der Waals surface area contributed by atoms with Crippen molar-refractivity contribution in [3.8, 4) is 0 Å². The van der Waals surface area contributed by atoms with Gasteiger partial charge in [-0.25, -0.2) is 0 Å². The summed E-state index contributed by atoms with van der Waals surface area (Å²) in [6.07, 6.45) is 23.4. The van der Waals surface area contributed by atoms with Crippen molar-refractivity contribution < 1.29 is 19.8 Å². The molecule has 0 N–H and O–H groups in total. The lowest BCUT2D eigenvalue weighted by Crippen LogP contribution is -2.53. The summed E-state index contributed by atoms with van der Waals surface area (Å²) in [5.74, 6) is -2.31. The van der Waals surface area contributed by atoms with Gasteiger partial charge in [0, 0.05) is 5.25 Å². The molecule has 0 saturated carbocycles. The van der Waals surface area contributed by atoms with Gasteiger partial charge in [-0.1, -0.05) is 137 Å². The molecule has 0 aliphatic carbocycles. The minimum Gasteiger partial charge on any atom is -0.549 e. The van der Waals surface area contributed by atoms with Gasteiger partial charge < -0.3 is 19.8 Å². The van der Waals surface area contributed by atoms with Gasteiger partial charge >= 0.3 is 0 Å². The highest BCUT2D eigenvalue weighted by atomic mass is 32.2. The summed E-state index contributed by atoms with van der Waals surface area (Å²) in [6.45, 7) is 8.12. The Morgan fingerprint density at radius 2 is 1.00 bits per heavy atom. The third kappa shape index (κ3) is 15.2. The summed E-state index contributed by atoms with van der Waals surface area (Å²) in [4.78, 5) is 24.1. The van der Waals surface area contributed by atoms with Crippen LogP contribution in [0.1, 0.15) is 163 Å². The molecular weight excluding hydrogens is 456 g/mol. The van der Waals surface area contributed by atoms with Crippen LogP contribution >= 0.6 is 11.8 Å². The molecule has 3 atom stereocenters. The molecule has 35 heavy (non-hydrogen) atoms. The highest BCUT2D eigenvalue weighted by Gasteiger charge is 2.40. The van der Waals surface area contributed by atoms with E-state index in [0.717, 1.165) is 50.3 Å². The van der Waals surface area contributed by atoms with E-state index in [9.17, 15) is 19.8 Å². The molecular formula is C30H56O4S-2. The fourth-order valence-corrected chi connectivity index (χ4v) is 6.68. The van der Waals surface area contributed by atoms with Crippen molar-refractivity contribution in [1.82, 2.24) is 0 Å². The van der Waals surface area contributed by atoms with Gasteiger partial charge in [0.15, 0.2) is 0 Å². The van der Waals surface area contributed by atoms with Crippen molar-refractivity contribution in [2.45, 2.75) is 173 Å². The number of hydrogen-bond acceptors (Lipinski definition) is 5. The average Bonchev–Trinajstić information content (AvgIpc) is 2.84. The number of hydrogen-bond donors (Lipinski definition) is 0. The smallest absolute Gasteiger partial charge is 0.0585 e. The fraction of sp³-hybridized carbons (Fsp3) is 0.933. The Balaban J connectivity index is 4.87. The lowest BCUT2D eigenvalue weighted by molar-refractivity contribution is -0.311. The standard InChI is InChI=1S/C30H58O4S/c1-5-9-11-13-15-16-17-18-19-21-23-25-26(24-22-20-14-12-10-6-2)30(8-4,29(33)34)35-27(7-3)28(31)32/h26-27H,5-25H2,1-4H3,(H,31,32)(H,33,34)/p-2. The van der Waals surface area contributed by atoms with Crippen LogP contribution < -0.4 is 10.2 Å². The van der Waals surface area contributed by atoms with E-state index in [1.165, 1.54) is 83.5 Å². The Morgan fingerprint density at radius 3 is 1.29 bits per heavy atom. The SMILES string of the molecule is CCCCCCCCCCCCCC(CCCCCCCC)C(CC)(SC(CC)C(=O)[O-])C(=O)[O-]. The van der Waals surface area contributed by atoms with Crippen LogP contribution in [0.3, 0.4) is 0 Å². The molecule has 0 bridgehead atoms. The number of aliphatic carboxylic acids is 2. The fourth-order valence-electron chi connectivity index (χ4n) is 5.22. The number of thioether (sulfide) groups is 1. The Morgan fingerprint density at radius 1 is 0.629 bits per heavy atom. The van der Waals surface area contributed by atoms with Crippen LogP contribution in [0.25, 0.3) is 0 Å². The predicted octanol–water partition coefficient (Wildman–Crippen LogP) is 7.21. The Labute approximate surface area is 221 Å². The topological polar surface area (TPSA) is 80.3 Å². The minimum absolute atomic E-state index is 0.0550. The first-order valence-electron chi connectivity index (χ1n) is 15.0. The van der Waals surface area contributed by atoms with E-state index in [-0.39, 0.29) is 5.92 Å².